The topological polar surface area (TPSA) is 54.0 Å². The maximum Gasteiger partial charge on any atom is 0.220 e. The highest BCUT2D eigenvalue weighted by Gasteiger charge is 2.06. The van der Waals surface area contributed by atoms with Crippen molar-refractivity contribution in [2.24, 2.45) is 0 Å². The molecule has 90 valence electrons. The van der Waals surface area contributed by atoms with Gasteiger partial charge in [-0.25, -0.2) is 4.98 Å². The normalized spacial score (nSPS) is 10.4. The van der Waals surface area contributed by atoms with Gasteiger partial charge in [0.15, 0.2) is 0 Å². The standard InChI is InChI=1S/C11H19N3OS/c1-8-10(16-9(2)14-8)7-13-11(15)5-4-6-12-3/h12H,4-7H2,1-3H3,(H,13,15). The molecule has 0 saturated heterocycles. The number of carbonyl (C=O) groups excluding carboxylic acids is 1. The molecular formula is C11H19N3OS. The van der Waals surface area contributed by atoms with Crippen LogP contribution in [0.2, 0.25) is 0 Å². The van der Waals surface area contributed by atoms with E-state index in [0.717, 1.165) is 28.5 Å². The van der Waals surface area contributed by atoms with Gasteiger partial charge < -0.3 is 10.6 Å². The summed E-state index contributed by atoms with van der Waals surface area (Å²) in [6.07, 6.45) is 1.46. The number of carbonyl (C=O) groups is 1. The number of aromatic nitrogens is 1. The number of hydrogen-bond acceptors (Lipinski definition) is 4. The summed E-state index contributed by atoms with van der Waals surface area (Å²) in [7, 11) is 1.89. The maximum absolute atomic E-state index is 11.5. The van der Waals surface area contributed by atoms with Crippen molar-refractivity contribution in [3.05, 3.63) is 15.6 Å². The molecule has 1 aromatic rings. The minimum absolute atomic E-state index is 0.112. The van der Waals surface area contributed by atoms with E-state index in [0.29, 0.717) is 13.0 Å². The lowest BCUT2D eigenvalue weighted by molar-refractivity contribution is -0.121. The molecule has 0 unspecified atom stereocenters. The Bertz CT molecular complexity index is 349. The average Bonchev–Trinajstić information content (AvgIpc) is 2.55. The van der Waals surface area contributed by atoms with E-state index in [4.69, 9.17) is 0 Å². The van der Waals surface area contributed by atoms with Gasteiger partial charge in [0.1, 0.15) is 0 Å². The Labute approximate surface area is 100 Å². The van der Waals surface area contributed by atoms with Crippen LogP contribution in [-0.4, -0.2) is 24.5 Å². The molecule has 4 nitrogen and oxygen atoms in total. The van der Waals surface area contributed by atoms with Crippen molar-refractivity contribution in [1.82, 2.24) is 15.6 Å². The van der Waals surface area contributed by atoms with Gasteiger partial charge in [-0.2, -0.15) is 0 Å². The summed E-state index contributed by atoms with van der Waals surface area (Å²) in [5, 5.41) is 6.99. The van der Waals surface area contributed by atoms with Gasteiger partial charge in [-0.05, 0) is 33.9 Å². The number of amides is 1. The molecule has 2 N–H and O–H groups in total. The van der Waals surface area contributed by atoms with Crippen molar-refractivity contribution in [3.8, 4) is 0 Å². The van der Waals surface area contributed by atoms with Crippen LogP contribution in [0.5, 0.6) is 0 Å². The van der Waals surface area contributed by atoms with Crippen LogP contribution in [0.4, 0.5) is 0 Å². The number of thiazole rings is 1. The molecule has 5 heteroatoms. The highest BCUT2D eigenvalue weighted by atomic mass is 32.1. The Hall–Kier alpha value is -0.940. The van der Waals surface area contributed by atoms with Gasteiger partial charge in [0.25, 0.3) is 0 Å². The monoisotopic (exact) mass is 241 g/mol. The van der Waals surface area contributed by atoms with E-state index in [1.165, 1.54) is 0 Å². The van der Waals surface area contributed by atoms with Crippen molar-refractivity contribution >= 4 is 17.2 Å². The highest BCUT2D eigenvalue weighted by molar-refractivity contribution is 7.11. The van der Waals surface area contributed by atoms with Gasteiger partial charge in [0.2, 0.25) is 5.91 Å². The minimum atomic E-state index is 0.112. The predicted molar refractivity (Wildman–Crippen MR) is 66.6 cm³/mol. The largest absolute Gasteiger partial charge is 0.351 e. The lowest BCUT2D eigenvalue weighted by atomic mass is 10.3. The van der Waals surface area contributed by atoms with Gasteiger partial charge in [0, 0.05) is 11.3 Å². The first-order chi connectivity index (χ1) is 7.63. The van der Waals surface area contributed by atoms with E-state index >= 15 is 0 Å². The van der Waals surface area contributed by atoms with E-state index in [1.54, 1.807) is 11.3 Å². The molecule has 0 spiro atoms. The molecule has 0 aliphatic carbocycles. The van der Waals surface area contributed by atoms with E-state index < -0.39 is 0 Å². The molecule has 0 aliphatic rings. The predicted octanol–water partition coefficient (Wildman–Crippen LogP) is 1.38. The van der Waals surface area contributed by atoms with Gasteiger partial charge in [-0.15, -0.1) is 11.3 Å². The first kappa shape index (κ1) is 13.1. The molecule has 1 aromatic heterocycles. The molecule has 0 aliphatic heterocycles. The Morgan fingerprint density at radius 1 is 1.44 bits per heavy atom. The van der Waals surface area contributed by atoms with Crippen molar-refractivity contribution in [2.45, 2.75) is 33.2 Å². The second-order valence-corrected chi connectivity index (χ2v) is 5.01. The molecule has 0 radical (unpaired) electrons. The summed E-state index contributed by atoms with van der Waals surface area (Å²) in [5.41, 5.74) is 1.03. The van der Waals surface area contributed by atoms with E-state index in [1.807, 2.05) is 20.9 Å². The third-order valence-electron chi connectivity index (χ3n) is 2.28. The van der Waals surface area contributed by atoms with Gasteiger partial charge in [0.05, 0.1) is 17.2 Å². The summed E-state index contributed by atoms with van der Waals surface area (Å²) in [4.78, 5) is 16.9. The van der Waals surface area contributed by atoms with Gasteiger partial charge >= 0.3 is 0 Å². The lowest BCUT2D eigenvalue weighted by Crippen LogP contribution is -2.23. The third-order valence-corrected chi connectivity index (χ3v) is 3.35. The molecule has 0 aromatic carbocycles. The van der Waals surface area contributed by atoms with Crippen molar-refractivity contribution in [2.75, 3.05) is 13.6 Å². The molecule has 1 amide bonds. The van der Waals surface area contributed by atoms with Crippen LogP contribution in [0.1, 0.15) is 28.4 Å². The summed E-state index contributed by atoms with van der Waals surface area (Å²) < 4.78 is 0. The zero-order valence-electron chi connectivity index (χ0n) is 10.1. The van der Waals surface area contributed by atoms with Crippen molar-refractivity contribution in [3.63, 3.8) is 0 Å². The number of nitrogens with one attached hydrogen (secondary N) is 2. The fraction of sp³-hybridized carbons (Fsp3) is 0.636. The zero-order valence-corrected chi connectivity index (χ0v) is 10.9. The second-order valence-electron chi connectivity index (χ2n) is 3.73. The molecule has 0 saturated carbocycles. The zero-order chi connectivity index (χ0) is 12.0. The Morgan fingerprint density at radius 3 is 2.75 bits per heavy atom. The Balaban J connectivity index is 2.29. The minimum Gasteiger partial charge on any atom is -0.351 e. The maximum atomic E-state index is 11.5. The third kappa shape index (κ3) is 4.28. The van der Waals surface area contributed by atoms with Crippen LogP contribution in [0, 0.1) is 13.8 Å². The first-order valence-electron chi connectivity index (χ1n) is 5.47. The van der Waals surface area contributed by atoms with Crippen LogP contribution in [-0.2, 0) is 11.3 Å². The molecule has 0 bridgehead atoms. The summed E-state index contributed by atoms with van der Waals surface area (Å²) >= 11 is 1.65. The lowest BCUT2D eigenvalue weighted by Gasteiger charge is -2.03. The average molecular weight is 241 g/mol. The molecule has 1 rings (SSSR count). The number of hydrogen-bond donors (Lipinski definition) is 2. The summed E-state index contributed by atoms with van der Waals surface area (Å²) in [6.45, 7) is 5.45. The van der Waals surface area contributed by atoms with Gasteiger partial charge in [-0.3, -0.25) is 4.79 Å². The van der Waals surface area contributed by atoms with E-state index in [9.17, 15) is 4.79 Å². The summed E-state index contributed by atoms with van der Waals surface area (Å²) in [6, 6.07) is 0. The van der Waals surface area contributed by atoms with Gasteiger partial charge in [-0.1, -0.05) is 0 Å². The van der Waals surface area contributed by atoms with Crippen molar-refractivity contribution < 1.29 is 4.79 Å². The van der Waals surface area contributed by atoms with E-state index in [-0.39, 0.29) is 5.91 Å². The molecule has 1 heterocycles. The fourth-order valence-corrected chi connectivity index (χ4v) is 2.31. The first-order valence-corrected chi connectivity index (χ1v) is 6.29. The van der Waals surface area contributed by atoms with Crippen LogP contribution < -0.4 is 10.6 Å². The Kier molecular flexibility index (Phi) is 5.42. The molecule has 0 atom stereocenters. The number of rotatable bonds is 6. The number of nitrogens with zero attached hydrogens (tertiary/aromatic N) is 1. The highest BCUT2D eigenvalue weighted by Crippen LogP contribution is 2.16. The molecular weight excluding hydrogens is 222 g/mol. The van der Waals surface area contributed by atoms with Crippen LogP contribution in [0.3, 0.4) is 0 Å². The summed E-state index contributed by atoms with van der Waals surface area (Å²) in [5.74, 6) is 0.112. The number of aryl methyl sites for hydroxylation is 2. The molecule has 16 heavy (non-hydrogen) atoms. The van der Waals surface area contributed by atoms with Crippen molar-refractivity contribution in [1.29, 1.82) is 0 Å². The second kappa shape index (κ2) is 6.60. The fourth-order valence-electron chi connectivity index (χ4n) is 1.43. The van der Waals surface area contributed by atoms with E-state index in [2.05, 4.69) is 15.6 Å². The quantitative estimate of drug-likeness (QED) is 0.740. The van der Waals surface area contributed by atoms with Crippen LogP contribution >= 0.6 is 11.3 Å². The smallest absolute Gasteiger partial charge is 0.220 e. The molecule has 0 fully saturated rings. The van der Waals surface area contributed by atoms with Crippen LogP contribution in [0.25, 0.3) is 0 Å². The SMILES string of the molecule is CNCCCC(=O)NCc1sc(C)nc1C. The van der Waals surface area contributed by atoms with Crippen LogP contribution in [0.15, 0.2) is 0 Å². The Morgan fingerprint density at radius 2 is 2.19 bits per heavy atom.